The van der Waals surface area contributed by atoms with Gasteiger partial charge in [0.25, 0.3) is 0 Å². The highest BCUT2D eigenvalue weighted by Gasteiger charge is 2.17. The molecule has 1 aromatic heterocycles. The minimum atomic E-state index is 0.215. The van der Waals surface area contributed by atoms with Crippen molar-refractivity contribution in [3.8, 4) is 0 Å². The lowest BCUT2D eigenvalue weighted by Gasteiger charge is -2.14. The Morgan fingerprint density at radius 2 is 2.33 bits per heavy atom. The lowest BCUT2D eigenvalue weighted by molar-refractivity contribution is 0.307. The molecule has 0 aromatic carbocycles. The van der Waals surface area contributed by atoms with E-state index in [0.717, 1.165) is 5.69 Å². The number of hydrogen-bond acceptors (Lipinski definition) is 4. The van der Waals surface area contributed by atoms with Gasteiger partial charge in [0, 0.05) is 12.7 Å². The number of nitrogens with two attached hydrogens (primary N) is 1. The summed E-state index contributed by atoms with van der Waals surface area (Å²) in [5.74, 6) is 0.215. The molecule has 0 saturated heterocycles. The first-order chi connectivity index (χ1) is 8.69. The molecule has 0 atom stereocenters. The summed E-state index contributed by atoms with van der Waals surface area (Å²) < 4.78 is 2.08. The zero-order chi connectivity index (χ0) is 13.0. The molecule has 1 saturated carbocycles. The third-order valence-electron chi connectivity index (χ3n) is 3.35. The molecule has 6 nitrogen and oxygen atoms in total. The van der Waals surface area contributed by atoms with E-state index in [9.17, 15) is 0 Å². The van der Waals surface area contributed by atoms with Crippen LogP contribution in [0.3, 0.4) is 0 Å². The van der Waals surface area contributed by atoms with E-state index in [2.05, 4.69) is 21.1 Å². The van der Waals surface area contributed by atoms with Crippen molar-refractivity contribution in [3.63, 3.8) is 0 Å². The maximum absolute atomic E-state index is 8.51. The molecule has 1 aliphatic rings. The molecule has 0 radical (unpaired) electrons. The van der Waals surface area contributed by atoms with Crippen LogP contribution < -0.4 is 5.73 Å². The summed E-state index contributed by atoms with van der Waals surface area (Å²) in [4.78, 5) is 1.97. The lowest BCUT2D eigenvalue weighted by atomic mass is 10.3. The third-order valence-corrected chi connectivity index (χ3v) is 3.35. The lowest BCUT2D eigenvalue weighted by Crippen LogP contribution is -2.30. The van der Waals surface area contributed by atoms with Crippen molar-refractivity contribution < 1.29 is 5.21 Å². The number of hydrogen-bond donors (Lipinski definition) is 2. The predicted octanol–water partition coefficient (Wildman–Crippen LogP) is 1.18. The average molecular weight is 251 g/mol. The van der Waals surface area contributed by atoms with Crippen molar-refractivity contribution >= 4 is 5.84 Å². The van der Waals surface area contributed by atoms with E-state index in [-0.39, 0.29) is 5.84 Å². The van der Waals surface area contributed by atoms with Crippen LogP contribution in [-0.4, -0.2) is 39.3 Å². The van der Waals surface area contributed by atoms with Crippen LogP contribution in [0.4, 0.5) is 0 Å². The Morgan fingerprint density at radius 3 is 3.00 bits per heavy atom. The van der Waals surface area contributed by atoms with Crippen LogP contribution in [0.1, 0.15) is 37.4 Å². The van der Waals surface area contributed by atoms with Crippen LogP contribution >= 0.6 is 0 Å². The summed E-state index contributed by atoms with van der Waals surface area (Å²) >= 11 is 0. The Hall–Kier alpha value is -1.56. The number of oxime groups is 1. The van der Waals surface area contributed by atoms with E-state index >= 15 is 0 Å². The van der Waals surface area contributed by atoms with Gasteiger partial charge in [0.1, 0.15) is 0 Å². The Balaban J connectivity index is 1.89. The molecule has 1 fully saturated rings. The van der Waals surface area contributed by atoms with Gasteiger partial charge < -0.3 is 10.9 Å². The van der Waals surface area contributed by atoms with Crippen molar-refractivity contribution in [2.45, 2.75) is 38.3 Å². The van der Waals surface area contributed by atoms with Gasteiger partial charge in [0.05, 0.1) is 18.3 Å². The van der Waals surface area contributed by atoms with E-state index in [1.807, 2.05) is 18.0 Å². The standard InChI is InChI=1S/C12H21N5O/c1-16(9-12(13)15-18)8-10-6-7-17(14-10)11-4-2-3-5-11/h6-7,11,18H,2-5,8-9H2,1H3,(H2,13,15). The molecule has 0 amide bonds. The monoisotopic (exact) mass is 251 g/mol. The fraction of sp³-hybridized carbons (Fsp3) is 0.667. The Kier molecular flexibility index (Phi) is 4.19. The molecule has 1 aliphatic carbocycles. The topological polar surface area (TPSA) is 79.7 Å². The molecule has 0 unspecified atom stereocenters. The number of likely N-dealkylation sites (N-methyl/N-ethyl adjacent to an activating group) is 1. The van der Waals surface area contributed by atoms with E-state index in [1.165, 1.54) is 25.7 Å². The summed E-state index contributed by atoms with van der Waals surface area (Å²) in [6.45, 7) is 1.14. The molecule has 1 aromatic rings. The highest BCUT2D eigenvalue weighted by molar-refractivity contribution is 5.81. The van der Waals surface area contributed by atoms with Crippen LogP contribution in [0, 0.1) is 0 Å². The molecule has 0 spiro atoms. The van der Waals surface area contributed by atoms with Crippen molar-refractivity contribution in [1.29, 1.82) is 0 Å². The summed E-state index contributed by atoms with van der Waals surface area (Å²) in [6, 6.07) is 2.62. The summed E-state index contributed by atoms with van der Waals surface area (Å²) in [5, 5.41) is 16.1. The normalized spacial score (nSPS) is 17.8. The molecule has 6 heteroatoms. The molecular formula is C12H21N5O. The van der Waals surface area contributed by atoms with Gasteiger partial charge in [0.15, 0.2) is 5.84 Å². The number of aromatic nitrogens is 2. The van der Waals surface area contributed by atoms with Crippen molar-refractivity contribution in [3.05, 3.63) is 18.0 Å². The van der Waals surface area contributed by atoms with Gasteiger partial charge in [-0.15, -0.1) is 0 Å². The van der Waals surface area contributed by atoms with Crippen molar-refractivity contribution in [2.24, 2.45) is 10.9 Å². The second kappa shape index (κ2) is 5.86. The van der Waals surface area contributed by atoms with Crippen LogP contribution in [-0.2, 0) is 6.54 Å². The maximum atomic E-state index is 8.51. The molecule has 0 aliphatic heterocycles. The average Bonchev–Trinajstić information content (AvgIpc) is 2.98. The van der Waals surface area contributed by atoms with Crippen molar-refractivity contribution in [2.75, 3.05) is 13.6 Å². The quantitative estimate of drug-likeness (QED) is 0.356. The fourth-order valence-corrected chi connectivity index (χ4v) is 2.47. The molecule has 3 N–H and O–H groups in total. The number of amidine groups is 1. The molecule has 100 valence electrons. The molecule has 18 heavy (non-hydrogen) atoms. The fourth-order valence-electron chi connectivity index (χ4n) is 2.47. The second-order valence-electron chi connectivity index (χ2n) is 4.99. The summed E-state index contributed by atoms with van der Waals surface area (Å²) in [5.41, 5.74) is 6.49. The zero-order valence-corrected chi connectivity index (χ0v) is 10.8. The Bertz CT molecular complexity index is 408. The van der Waals surface area contributed by atoms with E-state index in [1.54, 1.807) is 0 Å². The minimum Gasteiger partial charge on any atom is -0.409 e. The van der Waals surface area contributed by atoms with Crippen LogP contribution in [0.2, 0.25) is 0 Å². The SMILES string of the molecule is CN(CC(N)=NO)Cc1ccn(C2CCCC2)n1. The van der Waals surface area contributed by atoms with E-state index < -0.39 is 0 Å². The first kappa shape index (κ1) is 12.9. The molecular weight excluding hydrogens is 230 g/mol. The van der Waals surface area contributed by atoms with Crippen LogP contribution in [0.15, 0.2) is 17.4 Å². The van der Waals surface area contributed by atoms with Gasteiger partial charge in [-0.3, -0.25) is 9.58 Å². The molecule has 0 bridgehead atoms. The maximum Gasteiger partial charge on any atom is 0.153 e. The minimum absolute atomic E-state index is 0.215. The first-order valence-electron chi connectivity index (χ1n) is 6.38. The third kappa shape index (κ3) is 3.22. The van der Waals surface area contributed by atoms with Gasteiger partial charge in [-0.2, -0.15) is 5.10 Å². The van der Waals surface area contributed by atoms with Gasteiger partial charge in [0.2, 0.25) is 0 Å². The zero-order valence-electron chi connectivity index (χ0n) is 10.8. The summed E-state index contributed by atoms with van der Waals surface area (Å²) in [7, 11) is 1.92. The highest BCUT2D eigenvalue weighted by Crippen LogP contribution is 2.28. The first-order valence-corrected chi connectivity index (χ1v) is 6.38. The van der Waals surface area contributed by atoms with Gasteiger partial charge in [-0.25, -0.2) is 0 Å². The largest absolute Gasteiger partial charge is 0.409 e. The highest BCUT2D eigenvalue weighted by atomic mass is 16.4. The van der Waals surface area contributed by atoms with Crippen LogP contribution in [0.25, 0.3) is 0 Å². The van der Waals surface area contributed by atoms with E-state index in [4.69, 9.17) is 10.9 Å². The summed E-state index contributed by atoms with van der Waals surface area (Å²) in [6.07, 6.45) is 7.15. The van der Waals surface area contributed by atoms with Gasteiger partial charge >= 0.3 is 0 Å². The molecule has 1 heterocycles. The number of rotatable bonds is 5. The second-order valence-corrected chi connectivity index (χ2v) is 4.99. The van der Waals surface area contributed by atoms with Gasteiger partial charge in [-0.1, -0.05) is 18.0 Å². The van der Waals surface area contributed by atoms with E-state index in [0.29, 0.717) is 19.1 Å². The van der Waals surface area contributed by atoms with Crippen LogP contribution in [0.5, 0.6) is 0 Å². The predicted molar refractivity (Wildman–Crippen MR) is 69.5 cm³/mol. The van der Waals surface area contributed by atoms with Gasteiger partial charge in [-0.05, 0) is 26.0 Å². The Morgan fingerprint density at radius 1 is 1.61 bits per heavy atom. The number of nitrogens with zero attached hydrogens (tertiary/aromatic N) is 4. The molecule has 2 rings (SSSR count). The smallest absolute Gasteiger partial charge is 0.153 e. The van der Waals surface area contributed by atoms with Crippen molar-refractivity contribution in [1.82, 2.24) is 14.7 Å². The Labute approximate surface area is 107 Å².